The number of hydrogen-bond acceptors (Lipinski definition) is 2. The quantitative estimate of drug-likeness (QED) is 0.743. The van der Waals surface area contributed by atoms with Gasteiger partial charge in [0.25, 0.3) is 5.56 Å². The molecular formula is C9H11NO3. The fourth-order valence-corrected chi connectivity index (χ4v) is 1.03. The number of carboxylic acid groups (broad SMARTS) is 1. The number of aromatic nitrogens is 1. The van der Waals surface area contributed by atoms with Crippen LogP contribution in [0.3, 0.4) is 0 Å². The summed E-state index contributed by atoms with van der Waals surface area (Å²) < 4.78 is 1.39. The van der Waals surface area contributed by atoms with Gasteiger partial charge in [-0.25, -0.2) is 4.79 Å². The number of hydrogen-bond donors (Lipinski definition) is 1. The third kappa shape index (κ3) is 1.96. The van der Waals surface area contributed by atoms with Crippen LogP contribution in [0.2, 0.25) is 0 Å². The van der Waals surface area contributed by atoms with E-state index in [1.165, 1.54) is 22.9 Å². The Kier molecular flexibility index (Phi) is 2.51. The molecule has 4 nitrogen and oxygen atoms in total. The number of rotatable bonds is 2. The van der Waals surface area contributed by atoms with Crippen molar-refractivity contribution >= 4 is 5.97 Å². The van der Waals surface area contributed by atoms with Crippen molar-refractivity contribution in [1.29, 1.82) is 0 Å². The summed E-state index contributed by atoms with van der Waals surface area (Å²) in [5, 5.41) is 8.67. The van der Waals surface area contributed by atoms with Gasteiger partial charge in [-0.05, 0) is 19.9 Å². The molecule has 0 aliphatic rings. The molecule has 1 aromatic rings. The molecular weight excluding hydrogens is 170 g/mol. The van der Waals surface area contributed by atoms with Gasteiger partial charge in [0.2, 0.25) is 0 Å². The molecule has 0 radical (unpaired) electrons. The Labute approximate surface area is 75.4 Å². The second-order valence-electron chi connectivity index (χ2n) is 3.06. The molecule has 1 aromatic heterocycles. The van der Waals surface area contributed by atoms with Crippen LogP contribution in [0.4, 0.5) is 0 Å². The first kappa shape index (κ1) is 9.51. The molecule has 0 aliphatic heterocycles. The van der Waals surface area contributed by atoms with Crippen LogP contribution in [0.15, 0.2) is 23.1 Å². The molecule has 1 heterocycles. The minimum absolute atomic E-state index is 0.0215. The van der Waals surface area contributed by atoms with E-state index in [1.807, 2.05) is 13.8 Å². The van der Waals surface area contributed by atoms with Crippen molar-refractivity contribution in [1.82, 2.24) is 4.57 Å². The van der Waals surface area contributed by atoms with Gasteiger partial charge in [0.1, 0.15) is 0 Å². The maximum absolute atomic E-state index is 11.2. The van der Waals surface area contributed by atoms with Crippen molar-refractivity contribution in [3.63, 3.8) is 0 Å². The first-order valence-corrected chi connectivity index (χ1v) is 3.98. The summed E-state index contributed by atoms with van der Waals surface area (Å²) >= 11 is 0. The van der Waals surface area contributed by atoms with E-state index in [2.05, 4.69) is 0 Å². The van der Waals surface area contributed by atoms with E-state index in [0.717, 1.165) is 0 Å². The van der Waals surface area contributed by atoms with Gasteiger partial charge >= 0.3 is 5.97 Å². The van der Waals surface area contributed by atoms with Gasteiger partial charge in [-0.3, -0.25) is 4.79 Å². The van der Waals surface area contributed by atoms with E-state index >= 15 is 0 Å². The van der Waals surface area contributed by atoms with Crippen LogP contribution in [0.25, 0.3) is 0 Å². The lowest BCUT2D eigenvalue weighted by molar-refractivity contribution is 0.0695. The van der Waals surface area contributed by atoms with Crippen molar-refractivity contribution in [2.45, 2.75) is 19.9 Å². The number of carboxylic acids is 1. The molecule has 0 aromatic carbocycles. The molecule has 1 rings (SSSR count). The normalized spacial score (nSPS) is 10.4. The molecule has 0 bridgehead atoms. The maximum Gasteiger partial charge on any atom is 0.337 e. The zero-order valence-corrected chi connectivity index (χ0v) is 7.52. The van der Waals surface area contributed by atoms with Crippen molar-refractivity contribution in [2.75, 3.05) is 0 Å². The second kappa shape index (κ2) is 3.43. The van der Waals surface area contributed by atoms with Gasteiger partial charge in [0.15, 0.2) is 0 Å². The fraction of sp³-hybridized carbons (Fsp3) is 0.333. The monoisotopic (exact) mass is 181 g/mol. The van der Waals surface area contributed by atoms with Crippen LogP contribution in [0.1, 0.15) is 30.2 Å². The molecule has 0 saturated heterocycles. The zero-order valence-electron chi connectivity index (χ0n) is 7.52. The van der Waals surface area contributed by atoms with Crippen LogP contribution in [0, 0.1) is 0 Å². The van der Waals surface area contributed by atoms with Crippen molar-refractivity contribution in [2.24, 2.45) is 0 Å². The Morgan fingerprint density at radius 2 is 2.08 bits per heavy atom. The first-order valence-electron chi connectivity index (χ1n) is 3.98. The third-order valence-electron chi connectivity index (χ3n) is 1.74. The topological polar surface area (TPSA) is 59.3 Å². The van der Waals surface area contributed by atoms with E-state index in [1.54, 1.807) is 0 Å². The van der Waals surface area contributed by atoms with Crippen molar-refractivity contribution in [3.05, 3.63) is 34.2 Å². The maximum atomic E-state index is 11.2. The molecule has 70 valence electrons. The minimum atomic E-state index is -1.02. The summed E-state index contributed by atoms with van der Waals surface area (Å²) in [6.45, 7) is 3.65. The molecule has 0 amide bonds. The third-order valence-corrected chi connectivity index (χ3v) is 1.74. The van der Waals surface area contributed by atoms with Crippen molar-refractivity contribution in [3.8, 4) is 0 Å². The molecule has 1 N–H and O–H groups in total. The highest BCUT2D eigenvalue weighted by molar-refractivity contribution is 5.87. The van der Waals surface area contributed by atoms with Gasteiger partial charge in [-0.1, -0.05) is 0 Å². The number of pyridine rings is 1. The highest BCUT2D eigenvalue weighted by atomic mass is 16.4. The van der Waals surface area contributed by atoms with Crippen LogP contribution in [-0.2, 0) is 0 Å². The fourth-order valence-electron chi connectivity index (χ4n) is 1.03. The standard InChI is InChI=1S/C9H11NO3/c1-6(2)10-5-7(9(12)13)3-4-8(10)11/h3-6H,1-2H3,(H,12,13). The molecule has 0 fully saturated rings. The Balaban J connectivity index is 3.27. The number of aromatic carboxylic acids is 1. The van der Waals surface area contributed by atoms with E-state index < -0.39 is 5.97 Å². The van der Waals surface area contributed by atoms with E-state index in [-0.39, 0.29) is 17.2 Å². The van der Waals surface area contributed by atoms with Crippen LogP contribution in [0.5, 0.6) is 0 Å². The van der Waals surface area contributed by atoms with Gasteiger partial charge < -0.3 is 9.67 Å². The first-order chi connectivity index (χ1) is 6.02. The minimum Gasteiger partial charge on any atom is -0.478 e. The average molecular weight is 181 g/mol. The average Bonchev–Trinajstić information content (AvgIpc) is 2.04. The van der Waals surface area contributed by atoms with Gasteiger partial charge in [0, 0.05) is 18.3 Å². The summed E-state index contributed by atoms with van der Waals surface area (Å²) in [7, 11) is 0. The smallest absolute Gasteiger partial charge is 0.337 e. The Hall–Kier alpha value is -1.58. The molecule has 13 heavy (non-hydrogen) atoms. The molecule has 0 saturated carbocycles. The van der Waals surface area contributed by atoms with E-state index in [0.29, 0.717) is 0 Å². The second-order valence-corrected chi connectivity index (χ2v) is 3.06. The van der Waals surface area contributed by atoms with Crippen LogP contribution < -0.4 is 5.56 Å². The van der Waals surface area contributed by atoms with Gasteiger partial charge in [0.05, 0.1) is 5.56 Å². The summed E-state index contributed by atoms with van der Waals surface area (Å²) in [4.78, 5) is 21.8. The number of nitrogens with zero attached hydrogens (tertiary/aromatic N) is 1. The molecule has 0 atom stereocenters. The number of carbonyl (C=O) groups is 1. The van der Waals surface area contributed by atoms with Crippen molar-refractivity contribution < 1.29 is 9.90 Å². The lowest BCUT2D eigenvalue weighted by atomic mass is 10.2. The van der Waals surface area contributed by atoms with Gasteiger partial charge in [-0.15, -0.1) is 0 Å². The molecule has 0 aliphatic carbocycles. The Morgan fingerprint density at radius 3 is 2.54 bits per heavy atom. The van der Waals surface area contributed by atoms with Gasteiger partial charge in [-0.2, -0.15) is 0 Å². The van der Waals surface area contributed by atoms with Crippen LogP contribution >= 0.6 is 0 Å². The van der Waals surface area contributed by atoms with E-state index in [4.69, 9.17) is 5.11 Å². The molecule has 0 unspecified atom stereocenters. The van der Waals surface area contributed by atoms with E-state index in [9.17, 15) is 9.59 Å². The Bertz CT molecular complexity index is 379. The Morgan fingerprint density at radius 1 is 1.46 bits per heavy atom. The zero-order chi connectivity index (χ0) is 10.0. The summed E-state index contributed by atoms with van der Waals surface area (Å²) in [5.41, 5.74) is -0.0479. The predicted octanol–water partition coefficient (Wildman–Crippen LogP) is 1.13. The SMILES string of the molecule is CC(C)n1cc(C(=O)O)ccc1=O. The van der Waals surface area contributed by atoms with Crippen LogP contribution in [-0.4, -0.2) is 15.6 Å². The predicted molar refractivity (Wildman–Crippen MR) is 48.0 cm³/mol. The lowest BCUT2D eigenvalue weighted by Gasteiger charge is -2.09. The lowest BCUT2D eigenvalue weighted by Crippen LogP contribution is -2.21. The molecule has 4 heteroatoms. The summed E-state index contributed by atoms with van der Waals surface area (Å²) in [5.74, 6) is -1.02. The highest BCUT2D eigenvalue weighted by Crippen LogP contribution is 2.02. The molecule has 0 spiro atoms. The summed E-state index contributed by atoms with van der Waals surface area (Å²) in [6.07, 6.45) is 1.36. The largest absolute Gasteiger partial charge is 0.478 e. The highest BCUT2D eigenvalue weighted by Gasteiger charge is 2.06. The summed E-state index contributed by atoms with van der Waals surface area (Å²) in [6, 6.07) is 2.55.